The zero-order valence-electron chi connectivity index (χ0n) is 20.1. The Hall–Kier alpha value is -3.55. The highest BCUT2D eigenvalue weighted by Gasteiger charge is 2.41. The summed E-state index contributed by atoms with van der Waals surface area (Å²) < 4.78 is 33.1. The number of aryl methyl sites for hydroxylation is 1. The normalized spacial score (nSPS) is 16.2. The number of sulfonamides is 1. The number of amides is 1. The van der Waals surface area contributed by atoms with Crippen LogP contribution in [0.25, 0.3) is 10.2 Å². The summed E-state index contributed by atoms with van der Waals surface area (Å²) in [4.78, 5) is 39.4. The van der Waals surface area contributed by atoms with Crippen molar-refractivity contribution in [1.29, 1.82) is 0 Å². The molecule has 192 valence electrons. The van der Waals surface area contributed by atoms with Crippen LogP contribution < -0.4 is 21.3 Å². The van der Waals surface area contributed by atoms with Crippen molar-refractivity contribution in [2.75, 3.05) is 0 Å². The first-order chi connectivity index (χ1) is 17.5. The number of benzene rings is 1. The second-order valence-electron chi connectivity index (χ2n) is 9.91. The average molecular weight is 541 g/mol. The Morgan fingerprint density at radius 1 is 1.11 bits per heavy atom. The zero-order chi connectivity index (χ0) is 26.1. The molecule has 13 heteroatoms. The summed E-state index contributed by atoms with van der Waals surface area (Å²) >= 11 is 0.908. The molecule has 1 amide bonds. The van der Waals surface area contributed by atoms with Crippen molar-refractivity contribution in [2.24, 2.45) is 7.05 Å². The minimum absolute atomic E-state index is 0.00168. The van der Waals surface area contributed by atoms with Crippen LogP contribution in [0.2, 0.25) is 0 Å². The lowest BCUT2D eigenvalue weighted by atomic mass is 10.1. The molecular weight excluding hydrogens is 516 g/mol. The SMILES string of the molecule is Cn1cc(Cn2c(=O)c3cc(S(=O)(=O)NC4(C)CC4)sc3n(Cc3ccc4c(c3)CNC4=O)c2=O)cn1. The van der Waals surface area contributed by atoms with E-state index in [1.54, 1.807) is 36.3 Å². The van der Waals surface area contributed by atoms with Crippen molar-refractivity contribution >= 4 is 37.5 Å². The van der Waals surface area contributed by atoms with Crippen LogP contribution in [0.15, 0.2) is 50.5 Å². The number of hydrogen-bond donors (Lipinski definition) is 2. The summed E-state index contributed by atoms with van der Waals surface area (Å²) in [6, 6.07) is 6.69. The van der Waals surface area contributed by atoms with Crippen LogP contribution in [0, 0.1) is 0 Å². The van der Waals surface area contributed by atoms with Gasteiger partial charge < -0.3 is 5.32 Å². The van der Waals surface area contributed by atoms with E-state index in [9.17, 15) is 22.8 Å². The maximum atomic E-state index is 13.7. The van der Waals surface area contributed by atoms with Crippen molar-refractivity contribution in [3.8, 4) is 0 Å². The Kier molecular flexibility index (Phi) is 5.30. The lowest BCUT2D eigenvalue weighted by Crippen LogP contribution is -2.40. The van der Waals surface area contributed by atoms with E-state index in [1.165, 1.54) is 10.6 Å². The van der Waals surface area contributed by atoms with E-state index in [0.717, 1.165) is 39.9 Å². The Bertz CT molecular complexity index is 1820. The van der Waals surface area contributed by atoms with Gasteiger partial charge in [0.05, 0.1) is 24.7 Å². The number of rotatable bonds is 7. The van der Waals surface area contributed by atoms with Gasteiger partial charge in [0.25, 0.3) is 21.5 Å². The predicted octanol–water partition coefficient (Wildman–Crippen LogP) is 1.13. The zero-order valence-corrected chi connectivity index (χ0v) is 21.8. The summed E-state index contributed by atoms with van der Waals surface area (Å²) in [6.45, 7) is 2.34. The number of nitrogens with zero attached hydrogens (tertiary/aromatic N) is 4. The lowest BCUT2D eigenvalue weighted by Gasteiger charge is -2.12. The predicted molar refractivity (Wildman–Crippen MR) is 137 cm³/mol. The lowest BCUT2D eigenvalue weighted by molar-refractivity contribution is 0.0965. The monoisotopic (exact) mass is 540 g/mol. The van der Waals surface area contributed by atoms with Crippen LogP contribution in [-0.4, -0.2) is 38.8 Å². The van der Waals surface area contributed by atoms with E-state index in [2.05, 4.69) is 15.1 Å². The summed E-state index contributed by atoms with van der Waals surface area (Å²) in [5.41, 5.74) is 1.25. The molecule has 2 N–H and O–H groups in total. The molecular formula is C24H24N6O5S2. The topological polar surface area (TPSA) is 137 Å². The van der Waals surface area contributed by atoms with Gasteiger partial charge in [0.2, 0.25) is 0 Å². The molecule has 3 aromatic heterocycles. The van der Waals surface area contributed by atoms with Gasteiger partial charge in [-0.2, -0.15) is 5.10 Å². The number of hydrogen-bond acceptors (Lipinski definition) is 7. The fraction of sp³-hybridized carbons (Fsp3) is 0.333. The van der Waals surface area contributed by atoms with Gasteiger partial charge in [0.1, 0.15) is 9.04 Å². The standard InChI is InChI=1S/C24H24N6O5S2/c1-24(5-6-24)27-37(34,35)19-8-18-21(32)29(13-15-9-26-28(2)11-15)23(33)30(22(18)36-19)12-14-3-4-17-16(7-14)10-25-20(17)31/h3-4,7-9,11,27H,5-6,10,12-13H2,1-2H3,(H,25,31). The fourth-order valence-corrected chi connectivity index (χ4v) is 7.46. The highest BCUT2D eigenvalue weighted by atomic mass is 32.2. The molecule has 0 unspecified atom stereocenters. The summed E-state index contributed by atoms with van der Waals surface area (Å²) in [7, 11) is -2.13. The van der Waals surface area contributed by atoms with E-state index >= 15 is 0 Å². The molecule has 0 spiro atoms. The molecule has 0 bridgehead atoms. The van der Waals surface area contributed by atoms with Crippen molar-refractivity contribution in [3.63, 3.8) is 0 Å². The molecule has 1 aliphatic carbocycles. The third-order valence-corrected chi connectivity index (χ3v) is 10.1. The smallest absolute Gasteiger partial charge is 0.332 e. The molecule has 11 nitrogen and oxygen atoms in total. The number of carbonyl (C=O) groups excluding carboxylic acids is 1. The number of fused-ring (bicyclic) bond motifs is 2. The van der Waals surface area contributed by atoms with Crippen LogP contribution in [0.4, 0.5) is 0 Å². The molecule has 4 aromatic rings. The first-order valence-corrected chi connectivity index (χ1v) is 14.0. The van der Waals surface area contributed by atoms with Gasteiger partial charge >= 0.3 is 5.69 Å². The quantitative estimate of drug-likeness (QED) is 0.361. The largest absolute Gasteiger partial charge is 0.348 e. The number of carbonyl (C=O) groups is 1. The van der Waals surface area contributed by atoms with Crippen LogP contribution in [0.5, 0.6) is 0 Å². The molecule has 1 aliphatic heterocycles. The Balaban J connectivity index is 1.51. The number of thiophene rings is 1. The summed E-state index contributed by atoms with van der Waals surface area (Å²) in [5.74, 6) is -0.143. The van der Waals surface area contributed by atoms with Crippen molar-refractivity contribution in [2.45, 2.75) is 49.1 Å². The van der Waals surface area contributed by atoms with E-state index < -0.39 is 26.8 Å². The van der Waals surface area contributed by atoms with Gasteiger partial charge in [-0.3, -0.25) is 23.4 Å². The highest BCUT2D eigenvalue weighted by molar-refractivity contribution is 7.91. The van der Waals surface area contributed by atoms with Gasteiger partial charge in [0, 0.05) is 36.5 Å². The molecule has 2 aliphatic rings. The van der Waals surface area contributed by atoms with E-state index in [1.807, 2.05) is 13.0 Å². The minimum atomic E-state index is -3.87. The van der Waals surface area contributed by atoms with E-state index in [0.29, 0.717) is 17.7 Å². The first kappa shape index (κ1) is 23.8. The van der Waals surface area contributed by atoms with Gasteiger partial charge in [-0.1, -0.05) is 12.1 Å². The molecule has 1 saturated carbocycles. The summed E-state index contributed by atoms with van der Waals surface area (Å²) in [6.07, 6.45) is 4.79. The molecule has 0 atom stereocenters. The third-order valence-electron chi connectivity index (χ3n) is 6.81. The molecule has 0 saturated heterocycles. The molecule has 1 fully saturated rings. The molecule has 37 heavy (non-hydrogen) atoms. The van der Waals surface area contributed by atoms with Crippen molar-refractivity contribution < 1.29 is 13.2 Å². The van der Waals surface area contributed by atoms with Crippen LogP contribution in [0.1, 0.15) is 46.8 Å². The van der Waals surface area contributed by atoms with E-state index in [4.69, 9.17) is 0 Å². The Morgan fingerprint density at radius 3 is 2.57 bits per heavy atom. The van der Waals surface area contributed by atoms with Gasteiger partial charge in [-0.25, -0.2) is 17.9 Å². The second kappa shape index (κ2) is 8.23. The maximum Gasteiger partial charge on any atom is 0.332 e. The van der Waals surface area contributed by atoms with Gasteiger partial charge in [0.15, 0.2) is 0 Å². The number of nitrogens with one attached hydrogen (secondary N) is 2. The first-order valence-electron chi connectivity index (χ1n) is 11.7. The molecule has 1 aromatic carbocycles. The number of aromatic nitrogens is 4. The van der Waals surface area contributed by atoms with Crippen molar-refractivity contribution in [3.05, 3.63) is 79.8 Å². The molecule has 6 rings (SSSR count). The van der Waals surface area contributed by atoms with Crippen molar-refractivity contribution in [1.82, 2.24) is 29.0 Å². The average Bonchev–Trinajstić information content (AvgIpc) is 3.21. The van der Waals surface area contributed by atoms with Crippen LogP contribution in [0.3, 0.4) is 0 Å². The van der Waals surface area contributed by atoms with Crippen LogP contribution >= 0.6 is 11.3 Å². The third kappa shape index (κ3) is 4.22. The van der Waals surface area contributed by atoms with E-state index in [-0.39, 0.29) is 33.4 Å². The van der Waals surface area contributed by atoms with Gasteiger partial charge in [-0.15, -0.1) is 11.3 Å². The Morgan fingerprint density at radius 2 is 1.86 bits per heavy atom. The minimum Gasteiger partial charge on any atom is -0.348 e. The maximum absolute atomic E-state index is 13.7. The summed E-state index contributed by atoms with van der Waals surface area (Å²) in [5, 5.41) is 7.05. The molecule has 4 heterocycles. The molecule has 0 radical (unpaired) electrons. The van der Waals surface area contributed by atoms with Crippen LogP contribution in [-0.2, 0) is 36.7 Å². The highest BCUT2D eigenvalue weighted by Crippen LogP contribution is 2.37. The fourth-order valence-electron chi connectivity index (χ4n) is 4.56. The Labute approximate surface area is 215 Å². The second-order valence-corrected chi connectivity index (χ2v) is 12.8. The van der Waals surface area contributed by atoms with Gasteiger partial charge in [-0.05, 0) is 43.0 Å².